The highest BCUT2D eigenvalue weighted by Crippen LogP contribution is 3.02. The largest absolute Gasteiger partial charge is 0.418 e. The Morgan fingerprint density at radius 3 is 2.15 bits per heavy atom. The van der Waals surface area contributed by atoms with Crippen molar-refractivity contribution >= 4 is 44.8 Å². The molecule has 178 valence electrons. The van der Waals surface area contributed by atoms with Gasteiger partial charge in [-0.1, -0.05) is 25.5 Å². The molecule has 1 heterocycles. The van der Waals surface area contributed by atoms with Crippen molar-refractivity contribution in [1.82, 2.24) is 0 Å². The van der Waals surface area contributed by atoms with Gasteiger partial charge in [0.1, 0.15) is 10.4 Å². The Morgan fingerprint density at radius 1 is 1.03 bits per heavy atom. The molecule has 0 saturated carbocycles. The Bertz CT molecular complexity index is 1230. The van der Waals surface area contributed by atoms with Gasteiger partial charge in [-0.15, -0.1) is 0 Å². The van der Waals surface area contributed by atoms with Crippen molar-refractivity contribution in [3.05, 3.63) is 53.6 Å². The van der Waals surface area contributed by atoms with Crippen LogP contribution in [0.1, 0.15) is 25.0 Å². The molecule has 14 heteroatoms. The summed E-state index contributed by atoms with van der Waals surface area (Å²) in [6.07, 6.45) is -5.02. The average molecular weight is 515 g/mol. The fraction of sp³-hybridized carbons (Fsp3) is 0.211. The molecule has 1 aliphatic heterocycles. The van der Waals surface area contributed by atoms with E-state index in [0.717, 1.165) is 23.1 Å². The van der Waals surface area contributed by atoms with Gasteiger partial charge < -0.3 is 4.90 Å². The van der Waals surface area contributed by atoms with E-state index in [0.29, 0.717) is 17.0 Å². The van der Waals surface area contributed by atoms with Gasteiger partial charge >= 0.3 is 16.4 Å². The molecule has 4 nitrogen and oxygen atoms in total. The average Bonchev–Trinajstić information content (AvgIpc) is 2.83. The molecule has 3 rings (SSSR count). The van der Waals surface area contributed by atoms with E-state index in [1.54, 1.807) is 0 Å². The van der Waals surface area contributed by atoms with Gasteiger partial charge in [0.15, 0.2) is 5.11 Å². The molecule has 0 atom stereocenters. The Labute approximate surface area is 187 Å². The molecule has 1 fully saturated rings. The maximum absolute atomic E-state index is 13.6. The molecule has 2 aromatic carbocycles. The van der Waals surface area contributed by atoms with Gasteiger partial charge in [0.05, 0.1) is 22.9 Å². The fourth-order valence-corrected chi connectivity index (χ4v) is 4.53. The van der Waals surface area contributed by atoms with E-state index in [9.17, 15) is 37.4 Å². The van der Waals surface area contributed by atoms with Crippen molar-refractivity contribution in [2.75, 3.05) is 9.80 Å². The van der Waals surface area contributed by atoms with Crippen LogP contribution in [0.25, 0.3) is 0 Å². The van der Waals surface area contributed by atoms with Gasteiger partial charge in [0.25, 0.3) is 5.91 Å². The number of benzene rings is 2. The SMILES string of the molecule is CC1(C)C(=O)N(c2ccc(C#N)cc2C(F)(F)F)C(=S)N1c1cccc(S(F)(F)(F)(F)F)c1. The number of carbonyl (C=O) groups excluding carboxylic acids is 1. The molecular formula is C19H13F8N3OS2. The van der Waals surface area contributed by atoms with Gasteiger partial charge in [0, 0.05) is 5.69 Å². The molecule has 0 bridgehead atoms. The predicted octanol–water partition coefficient (Wildman–Crippen LogP) is 7.15. The zero-order chi connectivity index (χ0) is 25.3. The molecule has 1 amide bonds. The van der Waals surface area contributed by atoms with E-state index in [-0.39, 0.29) is 17.7 Å². The third-order valence-electron chi connectivity index (χ3n) is 4.86. The van der Waals surface area contributed by atoms with Gasteiger partial charge in [-0.25, -0.2) is 0 Å². The van der Waals surface area contributed by atoms with Crippen molar-refractivity contribution in [3.8, 4) is 6.07 Å². The fourth-order valence-electron chi connectivity index (χ4n) is 3.33. The lowest BCUT2D eigenvalue weighted by molar-refractivity contribution is -0.137. The Balaban J connectivity index is 2.20. The molecule has 0 aliphatic carbocycles. The molecule has 1 aliphatic rings. The second-order valence-electron chi connectivity index (χ2n) is 7.63. The van der Waals surface area contributed by atoms with E-state index in [1.807, 2.05) is 0 Å². The molecule has 0 unspecified atom stereocenters. The Hall–Kier alpha value is -2.92. The molecule has 0 spiro atoms. The van der Waals surface area contributed by atoms with E-state index in [4.69, 9.17) is 17.5 Å². The number of nitrogens with zero attached hydrogens (tertiary/aromatic N) is 3. The van der Waals surface area contributed by atoms with Crippen LogP contribution in [0.4, 0.5) is 44.0 Å². The van der Waals surface area contributed by atoms with Crippen molar-refractivity contribution in [3.63, 3.8) is 0 Å². The molecule has 0 aromatic heterocycles. The van der Waals surface area contributed by atoms with Crippen LogP contribution in [0.2, 0.25) is 0 Å². The van der Waals surface area contributed by atoms with Gasteiger partial charge in [-0.05, 0) is 62.5 Å². The first-order chi connectivity index (χ1) is 14.7. The van der Waals surface area contributed by atoms with Gasteiger partial charge in [-0.2, -0.15) is 18.4 Å². The quantitative estimate of drug-likeness (QED) is 0.322. The van der Waals surface area contributed by atoms with Crippen molar-refractivity contribution in [1.29, 1.82) is 5.26 Å². The van der Waals surface area contributed by atoms with E-state index >= 15 is 0 Å². The predicted molar refractivity (Wildman–Crippen MR) is 111 cm³/mol. The number of halogens is 8. The maximum atomic E-state index is 13.6. The zero-order valence-electron chi connectivity index (χ0n) is 16.6. The highest BCUT2D eigenvalue weighted by molar-refractivity contribution is 8.45. The topological polar surface area (TPSA) is 47.3 Å². The molecule has 1 saturated heterocycles. The van der Waals surface area contributed by atoms with Crippen molar-refractivity contribution in [2.45, 2.75) is 30.5 Å². The monoisotopic (exact) mass is 515 g/mol. The summed E-state index contributed by atoms with van der Waals surface area (Å²) in [7, 11) is -10.1. The highest BCUT2D eigenvalue weighted by atomic mass is 32.5. The summed E-state index contributed by atoms with van der Waals surface area (Å²) in [6, 6.07) is 5.76. The summed E-state index contributed by atoms with van der Waals surface area (Å²) >= 11 is 5.13. The number of amides is 1. The van der Waals surface area contributed by atoms with Crippen LogP contribution >= 0.6 is 22.4 Å². The molecule has 2 aromatic rings. The number of nitriles is 1. The number of anilines is 2. The minimum atomic E-state index is -10.1. The van der Waals surface area contributed by atoms with Crippen LogP contribution in [0.15, 0.2) is 47.4 Å². The van der Waals surface area contributed by atoms with Crippen molar-refractivity contribution in [2.24, 2.45) is 0 Å². The second kappa shape index (κ2) is 6.57. The lowest BCUT2D eigenvalue weighted by atomic mass is 10.0. The van der Waals surface area contributed by atoms with Crippen molar-refractivity contribution < 1.29 is 37.4 Å². The normalized spacial score (nSPS) is 18.7. The van der Waals surface area contributed by atoms with Crippen LogP contribution in [0, 0.1) is 11.3 Å². The Kier molecular flexibility index (Phi) is 4.92. The maximum Gasteiger partial charge on any atom is 0.418 e. The first-order valence-electron chi connectivity index (χ1n) is 8.83. The number of hydrogen-bond donors (Lipinski definition) is 0. The van der Waals surface area contributed by atoms with Crippen LogP contribution in [-0.4, -0.2) is 16.6 Å². The number of hydrogen-bond acceptors (Lipinski definition) is 3. The summed E-state index contributed by atoms with van der Waals surface area (Å²) in [4.78, 5) is 12.1. The smallest absolute Gasteiger partial charge is 0.303 e. The van der Waals surface area contributed by atoms with Gasteiger partial charge in [-0.3, -0.25) is 9.69 Å². The van der Waals surface area contributed by atoms with E-state index in [2.05, 4.69) is 0 Å². The third-order valence-corrected chi connectivity index (χ3v) is 6.37. The first-order valence-corrected chi connectivity index (χ1v) is 11.2. The second-order valence-corrected chi connectivity index (χ2v) is 10.4. The summed E-state index contributed by atoms with van der Waals surface area (Å²) in [6.45, 7) is 2.34. The number of thiocarbonyl (C=S) groups is 1. The standard InChI is InChI=1S/C19H13F8N3OS2/c1-18(2)16(31)29(15-7-6-11(10-28)8-14(15)19(20,21)22)17(32)30(18)12-4-3-5-13(9-12)33(23,24,25,26)27/h3-9H,1-2H3. The summed E-state index contributed by atoms with van der Waals surface area (Å²) < 4.78 is 107. The first kappa shape index (κ1) is 24.7. The number of alkyl halides is 3. The van der Waals surface area contributed by atoms with Gasteiger partial charge in [0.2, 0.25) is 0 Å². The molecular weight excluding hydrogens is 502 g/mol. The third kappa shape index (κ3) is 4.34. The zero-order valence-corrected chi connectivity index (χ0v) is 18.3. The summed E-state index contributed by atoms with van der Waals surface area (Å²) in [5.74, 6) is -1.04. The summed E-state index contributed by atoms with van der Waals surface area (Å²) in [5.41, 5.74) is -4.88. The highest BCUT2D eigenvalue weighted by Gasteiger charge is 2.65. The van der Waals surface area contributed by atoms with Crippen LogP contribution in [0.5, 0.6) is 0 Å². The number of rotatable bonds is 3. The van der Waals surface area contributed by atoms with E-state index < -0.39 is 54.8 Å². The number of carbonyl (C=O) groups is 1. The van der Waals surface area contributed by atoms with E-state index in [1.165, 1.54) is 19.9 Å². The lowest BCUT2D eigenvalue weighted by Gasteiger charge is -2.41. The molecule has 33 heavy (non-hydrogen) atoms. The van der Waals surface area contributed by atoms with Crippen LogP contribution < -0.4 is 9.80 Å². The Morgan fingerprint density at radius 2 is 1.64 bits per heavy atom. The minimum Gasteiger partial charge on any atom is -0.303 e. The van der Waals surface area contributed by atoms with Crippen LogP contribution in [-0.2, 0) is 11.0 Å². The summed E-state index contributed by atoms with van der Waals surface area (Å²) in [5, 5.41) is 8.26. The minimum absolute atomic E-state index is 0.0931. The molecule has 0 radical (unpaired) electrons. The lowest BCUT2D eigenvalue weighted by Crippen LogP contribution is -2.44. The molecule has 0 N–H and O–H groups in total. The van der Waals surface area contributed by atoms with Crippen LogP contribution in [0.3, 0.4) is 0 Å².